The summed E-state index contributed by atoms with van der Waals surface area (Å²) >= 11 is 12.4. The van der Waals surface area contributed by atoms with Gasteiger partial charge in [-0.25, -0.2) is 4.79 Å². The van der Waals surface area contributed by atoms with Crippen molar-refractivity contribution in [3.05, 3.63) is 33.9 Å². The number of carbonyl (C=O) groups excluding carboxylic acids is 1. The molecule has 0 radical (unpaired) electrons. The van der Waals surface area contributed by atoms with E-state index in [1.165, 1.54) is 25.5 Å². The average molecular weight is 381 g/mol. The second-order valence-electron chi connectivity index (χ2n) is 6.54. The van der Waals surface area contributed by atoms with Gasteiger partial charge in [-0.3, -0.25) is 4.98 Å². The zero-order valence-electron chi connectivity index (χ0n) is 14.4. The van der Waals surface area contributed by atoms with E-state index in [1.54, 1.807) is 13.0 Å². The Morgan fingerprint density at radius 3 is 2.80 bits per heavy atom. The number of carbonyl (C=O) groups is 1. The van der Waals surface area contributed by atoms with Gasteiger partial charge < -0.3 is 10.1 Å². The maximum Gasteiger partial charge on any atom is 0.341 e. The molecule has 1 fully saturated rings. The number of aromatic nitrogens is 1. The van der Waals surface area contributed by atoms with Crippen molar-refractivity contribution in [2.24, 2.45) is 5.92 Å². The fourth-order valence-corrected chi connectivity index (χ4v) is 3.81. The van der Waals surface area contributed by atoms with Gasteiger partial charge in [0.25, 0.3) is 0 Å². The molecule has 1 heterocycles. The molecule has 1 aliphatic rings. The molecule has 1 aromatic heterocycles. The smallest absolute Gasteiger partial charge is 0.341 e. The lowest BCUT2D eigenvalue weighted by atomic mass is 9.85. The van der Waals surface area contributed by atoms with E-state index in [4.69, 9.17) is 27.9 Å². The van der Waals surface area contributed by atoms with E-state index in [-0.39, 0.29) is 5.97 Å². The van der Waals surface area contributed by atoms with Gasteiger partial charge in [0.2, 0.25) is 0 Å². The lowest BCUT2D eigenvalue weighted by molar-refractivity contribution is 0.0527. The predicted molar refractivity (Wildman–Crippen MR) is 103 cm³/mol. The van der Waals surface area contributed by atoms with E-state index in [2.05, 4.69) is 17.2 Å². The van der Waals surface area contributed by atoms with Crippen molar-refractivity contribution >= 4 is 45.8 Å². The lowest BCUT2D eigenvalue weighted by Crippen LogP contribution is -2.31. The van der Waals surface area contributed by atoms with Crippen LogP contribution in [0.1, 0.15) is 49.9 Å². The molecule has 1 aromatic carbocycles. The second kappa shape index (κ2) is 7.79. The average Bonchev–Trinajstić information content (AvgIpc) is 2.60. The van der Waals surface area contributed by atoms with E-state index in [0.29, 0.717) is 39.7 Å². The highest BCUT2D eigenvalue weighted by Gasteiger charge is 2.25. The van der Waals surface area contributed by atoms with Crippen LogP contribution in [-0.4, -0.2) is 23.6 Å². The van der Waals surface area contributed by atoms with E-state index in [0.717, 1.165) is 17.5 Å². The summed E-state index contributed by atoms with van der Waals surface area (Å²) in [6.07, 6.45) is 6.23. The second-order valence-corrected chi connectivity index (χ2v) is 7.32. The molecule has 2 atom stereocenters. The zero-order valence-corrected chi connectivity index (χ0v) is 16.0. The Morgan fingerprint density at radius 1 is 1.32 bits per heavy atom. The Labute approximate surface area is 157 Å². The number of halogens is 2. The summed E-state index contributed by atoms with van der Waals surface area (Å²) in [5.74, 6) is 0.156. The topological polar surface area (TPSA) is 51.2 Å². The molecule has 25 heavy (non-hydrogen) atoms. The number of benzene rings is 1. The third kappa shape index (κ3) is 3.70. The number of esters is 1. The first-order chi connectivity index (χ1) is 12.0. The standard InChI is InChI=1S/C19H22Cl2N2O2/c1-3-25-19(24)13-10-22-18-12(8-9-14(20)16(18)21)17(13)23-15-7-5-4-6-11(15)2/h8-11,15H,3-7H2,1-2H3,(H,22,23)/t11-,15+/m1/s1. The zero-order chi connectivity index (χ0) is 18.0. The summed E-state index contributed by atoms with van der Waals surface area (Å²) in [6, 6.07) is 3.90. The Bertz CT molecular complexity index is 795. The van der Waals surface area contributed by atoms with Crippen molar-refractivity contribution in [2.45, 2.75) is 45.6 Å². The van der Waals surface area contributed by atoms with Gasteiger partial charge >= 0.3 is 5.97 Å². The molecule has 0 saturated heterocycles. The van der Waals surface area contributed by atoms with Crippen LogP contribution in [0.2, 0.25) is 10.0 Å². The Morgan fingerprint density at radius 2 is 2.08 bits per heavy atom. The number of hydrogen-bond donors (Lipinski definition) is 1. The number of ether oxygens (including phenoxy) is 1. The molecular formula is C19H22Cl2N2O2. The molecule has 3 rings (SSSR count). The number of nitrogens with one attached hydrogen (secondary N) is 1. The van der Waals surface area contributed by atoms with Crippen molar-refractivity contribution in [2.75, 3.05) is 11.9 Å². The molecule has 1 saturated carbocycles. The molecule has 6 heteroatoms. The summed E-state index contributed by atoms with van der Waals surface area (Å²) in [7, 11) is 0. The highest BCUT2D eigenvalue weighted by atomic mass is 35.5. The van der Waals surface area contributed by atoms with Gasteiger partial charge in [0.05, 0.1) is 27.9 Å². The minimum absolute atomic E-state index is 0.307. The van der Waals surface area contributed by atoms with Crippen LogP contribution in [0, 0.1) is 5.92 Å². The number of nitrogens with zero attached hydrogens (tertiary/aromatic N) is 1. The molecule has 0 amide bonds. The van der Waals surface area contributed by atoms with Crippen LogP contribution in [0.25, 0.3) is 10.9 Å². The van der Waals surface area contributed by atoms with Gasteiger partial charge in [-0.15, -0.1) is 0 Å². The van der Waals surface area contributed by atoms with Crippen LogP contribution in [0.3, 0.4) is 0 Å². The molecule has 0 unspecified atom stereocenters. The fourth-order valence-electron chi connectivity index (χ4n) is 3.44. The van der Waals surface area contributed by atoms with Gasteiger partial charge in [0.1, 0.15) is 5.56 Å². The quantitative estimate of drug-likeness (QED) is 0.690. The molecule has 2 aromatic rings. The molecular weight excluding hydrogens is 359 g/mol. The predicted octanol–water partition coefficient (Wildman–Crippen LogP) is 5.71. The summed E-state index contributed by atoms with van der Waals surface area (Å²) in [5.41, 5.74) is 1.76. The van der Waals surface area contributed by atoms with Gasteiger partial charge in [0, 0.05) is 17.6 Å². The fraction of sp³-hybridized carbons (Fsp3) is 0.474. The summed E-state index contributed by atoms with van der Waals surface area (Å²) in [5, 5.41) is 5.22. The van der Waals surface area contributed by atoms with Gasteiger partial charge in [-0.1, -0.05) is 43.0 Å². The number of pyridine rings is 1. The molecule has 134 valence electrons. The number of rotatable bonds is 4. The summed E-state index contributed by atoms with van der Waals surface area (Å²) in [4.78, 5) is 16.8. The van der Waals surface area contributed by atoms with Crippen molar-refractivity contribution in [1.82, 2.24) is 4.98 Å². The highest BCUT2D eigenvalue weighted by molar-refractivity contribution is 6.45. The third-order valence-corrected chi connectivity index (χ3v) is 5.66. The van der Waals surface area contributed by atoms with Gasteiger partial charge in [-0.2, -0.15) is 0 Å². The van der Waals surface area contributed by atoms with E-state index in [9.17, 15) is 4.79 Å². The number of fused-ring (bicyclic) bond motifs is 1. The summed E-state index contributed by atoms with van der Waals surface area (Å²) < 4.78 is 5.21. The molecule has 1 N–H and O–H groups in total. The van der Waals surface area contributed by atoms with E-state index >= 15 is 0 Å². The van der Waals surface area contributed by atoms with Crippen LogP contribution in [0.5, 0.6) is 0 Å². The Hall–Kier alpha value is -1.52. The maximum atomic E-state index is 12.4. The summed E-state index contributed by atoms with van der Waals surface area (Å²) in [6.45, 7) is 4.35. The van der Waals surface area contributed by atoms with Crippen LogP contribution >= 0.6 is 23.2 Å². The minimum atomic E-state index is -0.381. The van der Waals surface area contributed by atoms with E-state index in [1.807, 2.05) is 6.07 Å². The minimum Gasteiger partial charge on any atom is -0.462 e. The van der Waals surface area contributed by atoms with Crippen molar-refractivity contribution < 1.29 is 9.53 Å². The molecule has 1 aliphatic carbocycles. The van der Waals surface area contributed by atoms with Gasteiger partial charge in [-0.05, 0) is 37.8 Å². The van der Waals surface area contributed by atoms with Crippen LogP contribution in [-0.2, 0) is 4.74 Å². The first kappa shape index (κ1) is 18.3. The molecule has 0 bridgehead atoms. The number of anilines is 1. The number of hydrogen-bond acceptors (Lipinski definition) is 4. The first-order valence-corrected chi connectivity index (χ1v) is 9.48. The SMILES string of the molecule is CCOC(=O)c1cnc2c(Cl)c(Cl)ccc2c1N[C@H]1CCCC[C@H]1C. The normalized spacial score (nSPS) is 20.5. The molecule has 0 spiro atoms. The van der Waals surface area contributed by atoms with Crippen LogP contribution in [0.4, 0.5) is 5.69 Å². The first-order valence-electron chi connectivity index (χ1n) is 8.73. The van der Waals surface area contributed by atoms with Crippen LogP contribution < -0.4 is 5.32 Å². The lowest BCUT2D eigenvalue weighted by Gasteiger charge is -2.31. The third-order valence-electron chi connectivity index (χ3n) is 4.87. The highest BCUT2D eigenvalue weighted by Crippen LogP contribution is 2.37. The van der Waals surface area contributed by atoms with Crippen molar-refractivity contribution in [1.29, 1.82) is 0 Å². The monoisotopic (exact) mass is 380 g/mol. The van der Waals surface area contributed by atoms with Crippen molar-refractivity contribution in [3.8, 4) is 0 Å². The van der Waals surface area contributed by atoms with Crippen molar-refractivity contribution in [3.63, 3.8) is 0 Å². The largest absolute Gasteiger partial charge is 0.462 e. The van der Waals surface area contributed by atoms with Crippen LogP contribution in [0.15, 0.2) is 18.3 Å². The Kier molecular flexibility index (Phi) is 5.70. The van der Waals surface area contributed by atoms with E-state index < -0.39 is 0 Å². The molecule has 4 nitrogen and oxygen atoms in total. The molecule has 0 aliphatic heterocycles. The Balaban J connectivity index is 2.11. The van der Waals surface area contributed by atoms with Gasteiger partial charge in [0.15, 0.2) is 0 Å². The maximum absolute atomic E-state index is 12.4.